The molecule has 0 aliphatic carbocycles. The Morgan fingerprint density at radius 2 is 2.24 bits per heavy atom. The predicted octanol–water partition coefficient (Wildman–Crippen LogP) is 3.32. The van der Waals surface area contributed by atoms with Crippen LogP contribution in [-0.2, 0) is 0 Å². The summed E-state index contributed by atoms with van der Waals surface area (Å²) in [6.45, 7) is 3.81. The number of alkyl halides is 3. The maximum absolute atomic E-state index is 12.5. The molecule has 1 unspecified atom stereocenters. The van der Waals surface area contributed by atoms with Gasteiger partial charge in [0.25, 0.3) is 5.91 Å². The summed E-state index contributed by atoms with van der Waals surface area (Å²) in [6, 6.07) is 4.71. The van der Waals surface area contributed by atoms with Crippen LogP contribution in [0.5, 0.6) is 0 Å². The number of nitrogens with zero attached hydrogens (tertiary/aromatic N) is 3. The molecule has 21 heavy (non-hydrogen) atoms. The number of carbonyl (C=O) groups is 1. The second-order valence-electron chi connectivity index (χ2n) is 4.28. The highest BCUT2D eigenvalue weighted by Crippen LogP contribution is 2.37. The molecule has 1 atom stereocenters. The number of hydrogen-bond acceptors (Lipinski definition) is 4. The Bertz CT molecular complexity index is 542. The Morgan fingerprint density at radius 3 is 2.76 bits per heavy atom. The lowest BCUT2D eigenvalue weighted by atomic mass is 10.1. The molecular formula is C13H14F3N3OS. The lowest BCUT2D eigenvalue weighted by molar-refractivity contribution is -0.0329. The molecule has 0 aromatic carbocycles. The van der Waals surface area contributed by atoms with Gasteiger partial charge in [0.15, 0.2) is 0 Å². The monoisotopic (exact) mass is 317 g/mol. The molecule has 0 fully saturated rings. The van der Waals surface area contributed by atoms with Crippen LogP contribution in [-0.4, -0.2) is 34.4 Å². The normalized spacial score (nSPS) is 12.6. The van der Waals surface area contributed by atoms with Crippen molar-refractivity contribution >= 4 is 17.7 Å². The van der Waals surface area contributed by atoms with Crippen molar-refractivity contribution in [2.45, 2.75) is 24.4 Å². The van der Waals surface area contributed by atoms with Gasteiger partial charge < -0.3 is 4.90 Å². The molecular weight excluding hydrogens is 303 g/mol. The molecule has 0 aliphatic rings. The van der Waals surface area contributed by atoms with E-state index in [1.165, 1.54) is 23.2 Å². The minimum absolute atomic E-state index is 0.105. The van der Waals surface area contributed by atoms with Gasteiger partial charge in [0, 0.05) is 31.0 Å². The summed E-state index contributed by atoms with van der Waals surface area (Å²) >= 11 is -0.415. The van der Waals surface area contributed by atoms with Crippen LogP contribution in [0.15, 0.2) is 23.4 Å². The zero-order chi connectivity index (χ0) is 16.0. The first kappa shape index (κ1) is 17.3. The second-order valence-corrected chi connectivity index (χ2v) is 5.33. The SMILES string of the molecule is CCN(CC(C)C#N)C(=O)c1cccnc1SC(F)(F)F. The van der Waals surface area contributed by atoms with Crippen LogP contribution in [0.4, 0.5) is 13.2 Å². The van der Waals surface area contributed by atoms with Crippen LogP contribution in [0, 0.1) is 17.2 Å². The van der Waals surface area contributed by atoms with Gasteiger partial charge in [-0.2, -0.15) is 18.4 Å². The number of amides is 1. The first-order valence-corrected chi connectivity index (χ1v) is 6.99. The van der Waals surface area contributed by atoms with Gasteiger partial charge in [-0.25, -0.2) is 4.98 Å². The first-order chi connectivity index (χ1) is 9.78. The molecule has 114 valence electrons. The van der Waals surface area contributed by atoms with E-state index < -0.39 is 29.1 Å². The van der Waals surface area contributed by atoms with Crippen molar-refractivity contribution in [3.05, 3.63) is 23.9 Å². The van der Waals surface area contributed by atoms with Crippen molar-refractivity contribution in [2.75, 3.05) is 13.1 Å². The summed E-state index contributed by atoms with van der Waals surface area (Å²) in [5, 5.41) is 8.41. The summed E-state index contributed by atoms with van der Waals surface area (Å²) in [4.78, 5) is 17.3. The van der Waals surface area contributed by atoms with E-state index in [-0.39, 0.29) is 17.1 Å². The van der Waals surface area contributed by atoms with E-state index in [9.17, 15) is 18.0 Å². The van der Waals surface area contributed by atoms with Crippen molar-refractivity contribution in [1.29, 1.82) is 5.26 Å². The molecule has 0 spiro atoms. The zero-order valence-corrected chi connectivity index (χ0v) is 12.3. The number of thioether (sulfide) groups is 1. The topological polar surface area (TPSA) is 57.0 Å². The summed E-state index contributed by atoms with van der Waals surface area (Å²) in [7, 11) is 0. The molecule has 0 saturated heterocycles. The van der Waals surface area contributed by atoms with Gasteiger partial charge in [0.2, 0.25) is 0 Å². The average molecular weight is 317 g/mol. The van der Waals surface area contributed by atoms with Gasteiger partial charge in [-0.1, -0.05) is 0 Å². The fourth-order valence-electron chi connectivity index (χ4n) is 1.64. The highest BCUT2D eigenvalue weighted by molar-refractivity contribution is 8.00. The number of hydrogen-bond donors (Lipinski definition) is 0. The van der Waals surface area contributed by atoms with Gasteiger partial charge in [-0.3, -0.25) is 4.79 Å². The van der Waals surface area contributed by atoms with Crippen LogP contribution < -0.4 is 0 Å². The van der Waals surface area contributed by atoms with E-state index in [0.717, 1.165) is 0 Å². The molecule has 1 aromatic heterocycles. The molecule has 1 amide bonds. The van der Waals surface area contributed by atoms with Gasteiger partial charge in [0.05, 0.1) is 17.6 Å². The molecule has 0 radical (unpaired) electrons. The van der Waals surface area contributed by atoms with Crippen LogP contribution in [0.3, 0.4) is 0 Å². The summed E-state index contributed by atoms with van der Waals surface area (Å²) in [6.07, 6.45) is 1.21. The first-order valence-electron chi connectivity index (χ1n) is 6.18. The average Bonchev–Trinajstić information content (AvgIpc) is 2.42. The zero-order valence-electron chi connectivity index (χ0n) is 11.5. The molecule has 4 nitrogen and oxygen atoms in total. The number of nitriles is 1. The third kappa shape index (κ3) is 5.27. The number of halogens is 3. The van der Waals surface area contributed by atoms with Gasteiger partial charge >= 0.3 is 5.51 Å². The summed E-state index contributed by atoms with van der Waals surface area (Å²) in [5.74, 6) is -0.955. The number of rotatable bonds is 5. The van der Waals surface area contributed by atoms with Crippen molar-refractivity contribution in [1.82, 2.24) is 9.88 Å². The van der Waals surface area contributed by atoms with E-state index in [1.807, 2.05) is 6.07 Å². The third-order valence-electron chi connectivity index (χ3n) is 2.60. The highest BCUT2D eigenvalue weighted by Gasteiger charge is 2.33. The Hall–Kier alpha value is -1.75. The van der Waals surface area contributed by atoms with Crippen molar-refractivity contribution in [2.24, 2.45) is 5.92 Å². The largest absolute Gasteiger partial charge is 0.447 e. The molecule has 0 N–H and O–H groups in total. The highest BCUT2D eigenvalue weighted by atomic mass is 32.2. The van der Waals surface area contributed by atoms with Gasteiger partial charge in [0.1, 0.15) is 5.03 Å². The van der Waals surface area contributed by atoms with E-state index in [4.69, 9.17) is 5.26 Å². The smallest absolute Gasteiger partial charge is 0.338 e. The van der Waals surface area contributed by atoms with E-state index in [1.54, 1.807) is 13.8 Å². The van der Waals surface area contributed by atoms with E-state index in [2.05, 4.69) is 4.98 Å². The lowest BCUT2D eigenvalue weighted by Crippen LogP contribution is -2.34. The molecule has 0 saturated carbocycles. The van der Waals surface area contributed by atoms with E-state index >= 15 is 0 Å². The second kappa shape index (κ2) is 7.31. The fraction of sp³-hybridized carbons (Fsp3) is 0.462. The summed E-state index contributed by atoms with van der Waals surface area (Å²) < 4.78 is 37.5. The molecule has 0 aliphatic heterocycles. The standard InChI is InChI=1S/C13H14F3N3OS/c1-3-19(8-9(2)7-17)12(20)10-5-4-6-18-11(10)21-13(14,15)16/h4-6,9H,3,8H2,1-2H3. The molecule has 0 bridgehead atoms. The summed E-state index contributed by atoms with van der Waals surface area (Å²) in [5.41, 5.74) is -4.62. The number of aromatic nitrogens is 1. The van der Waals surface area contributed by atoms with Gasteiger partial charge in [-0.15, -0.1) is 0 Å². The lowest BCUT2D eigenvalue weighted by Gasteiger charge is -2.22. The minimum atomic E-state index is -4.51. The Morgan fingerprint density at radius 1 is 1.57 bits per heavy atom. The predicted molar refractivity (Wildman–Crippen MR) is 72.5 cm³/mol. The van der Waals surface area contributed by atoms with E-state index in [0.29, 0.717) is 6.54 Å². The quantitative estimate of drug-likeness (QED) is 0.782. The van der Waals surface area contributed by atoms with Crippen LogP contribution in [0.1, 0.15) is 24.2 Å². The number of carbonyl (C=O) groups excluding carboxylic acids is 1. The van der Waals surface area contributed by atoms with Crippen molar-refractivity contribution < 1.29 is 18.0 Å². The van der Waals surface area contributed by atoms with Crippen LogP contribution >= 0.6 is 11.8 Å². The molecule has 1 rings (SSSR count). The van der Waals surface area contributed by atoms with Crippen molar-refractivity contribution in [3.63, 3.8) is 0 Å². The van der Waals surface area contributed by atoms with Crippen LogP contribution in [0.25, 0.3) is 0 Å². The molecule has 8 heteroatoms. The Kier molecular flexibility index (Phi) is 6.03. The maximum atomic E-state index is 12.5. The van der Waals surface area contributed by atoms with Gasteiger partial charge in [-0.05, 0) is 26.0 Å². The Labute approximate surface area is 125 Å². The number of pyridine rings is 1. The van der Waals surface area contributed by atoms with Crippen molar-refractivity contribution in [3.8, 4) is 6.07 Å². The third-order valence-corrected chi connectivity index (χ3v) is 3.35. The van der Waals surface area contributed by atoms with Crippen LogP contribution in [0.2, 0.25) is 0 Å². The molecule has 1 aromatic rings. The minimum Gasteiger partial charge on any atom is -0.338 e. The Balaban J connectivity index is 3.03. The molecule has 1 heterocycles. The maximum Gasteiger partial charge on any atom is 0.447 e. The fourth-order valence-corrected chi connectivity index (χ4v) is 2.24.